The van der Waals surface area contributed by atoms with Gasteiger partial charge < -0.3 is 9.84 Å². The maximum absolute atomic E-state index is 9.69. The molecule has 0 saturated heterocycles. The van der Waals surface area contributed by atoms with Gasteiger partial charge in [0.2, 0.25) is 0 Å². The van der Waals surface area contributed by atoms with Gasteiger partial charge in [-0.1, -0.05) is 0 Å². The van der Waals surface area contributed by atoms with Crippen molar-refractivity contribution in [3.63, 3.8) is 0 Å². The van der Waals surface area contributed by atoms with E-state index < -0.39 is 5.60 Å². The van der Waals surface area contributed by atoms with Gasteiger partial charge in [0.15, 0.2) is 0 Å². The molecule has 0 saturated carbocycles. The van der Waals surface area contributed by atoms with E-state index in [1.807, 2.05) is 0 Å². The Morgan fingerprint density at radius 3 is 2.58 bits per heavy atom. The molecule has 0 spiro atoms. The molecular weight excluding hydrogens is 154 g/mol. The maximum atomic E-state index is 9.69. The zero-order valence-electron chi connectivity index (χ0n) is 7.53. The van der Waals surface area contributed by atoms with Gasteiger partial charge in [0.05, 0.1) is 18.9 Å². The van der Waals surface area contributed by atoms with Crippen LogP contribution in [0.5, 0.6) is 5.75 Å². The highest BCUT2D eigenvalue weighted by atomic mass is 16.5. The molecule has 1 N–H and O–H groups in total. The average molecular weight is 167 g/mol. The zero-order chi connectivity index (χ0) is 9.19. The normalized spacial score (nSPS) is 11.3. The van der Waals surface area contributed by atoms with Crippen molar-refractivity contribution in [2.45, 2.75) is 19.4 Å². The fourth-order valence-corrected chi connectivity index (χ4v) is 1.05. The third-order valence-corrected chi connectivity index (χ3v) is 1.66. The molecule has 0 aliphatic heterocycles. The van der Waals surface area contributed by atoms with Crippen molar-refractivity contribution in [2.75, 3.05) is 7.11 Å². The van der Waals surface area contributed by atoms with Gasteiger partial charge in [-0.15, -0.1) is 0 Å². The third kappa shape index (κ3) is 1.74. The lowest BCUT2D eigenvalue weighted by atomic mass is 9.99. The number of hydrogen-bond donors (Lipinski definition) is 1. The van der Waals surface area contributed by atoms with E-state index in [1.54, 1.807) is 39.4 Å². The summed E-state index contributed by atoms with van der Waals surface area (Å²) in [6, 6.07) is 1.75. The number of hydrogen-bond acceptors (Lipinski definition) is 3. The molecule has 0 unspecified atom stereocenters. The monoisotopic (exact) mass is 167 g/mol. The van der Waals surface area contributed by atoms with E-state index >= 15 is 0 Å². The van der Waals surface area contributed by atoms with Crippen LogP contribution in [0.2, 0.25) is 0 Å². The van der Waals surface area contributed by atoms with Gasteiger partial charge in [-0.3, -0.25) is 4.98 Å². The Bertz CT molecular complexity index is 265. The Hall–Kier alpha value is -1.09. The summed E-state index contributed by atoms with van der Waals surface area (Å²) in [6.45, 7) is 3.43. The fourth-order valence-electron chi connectivity index (χ4n) is 1.05. The van der Waals surface area contributed by atoms with Gasteiger partial charge in [-0.2, -0.15) is 0 Å². The minimum Gasteiger partial charge on any atom is -0.495 e. The third-order valence-electron chi connectivity index (χ3n) is 1.66. The smallest absolute Gasteiger partial charge is 0.143 e. The second kappa shape index (κ2) is 3.11. The highest BCUT2D eigenvalue weighted by Gasteiger charge is 2.20. The lowest BCUT2D eigenvalue weighted by Gasteiger charge is -2.19. The molecule has 66 valence electrons. The molecule has 3 nitrogen and oxygen atoms in total. The molecule has 0 fully saturated rings. The van der Waals surface area contributed by atoms with Gasteiger partial charge in [-0.05, 0) is 19.9 Å². The topological polar surface area (TPSA) is 42.4 Å². The first-order valence-corrected chi connectivity index (χ1v) is 3.76. The molecule has 0 bridgehead atoms. The van der Waals surface area contributed by atoms with E-state index in [1.165, 1.54) is 0 Å². The first-order chi connectivity index (χ1) is 5.55. The van der Waals surface area contributed by atoms with Crippen LogP contribution >= 0.6 is 0 Å². The molecule has 0 aliphatic rings. The number of aromatic nitrogens is 1. The maximum Gasteiger partial charge on any atom is 0.143 e. The SMILES string of the molecule is COc1cnccc1C(C)(C)O. The van der Waals surface area contributed by atoms with Crippen molar-refractivity contribution in [1.29, 1.82) is 0 Å². The highest BCUT2D eigenvalue weighted by molar-refractivity contribution is 5.33. The molecular formula is C9H13NO2. The van der Waals surface area contributed by atoms with Crippen LogP contribution in [0.15, 0.2) is 18.5 Å². The predicted molar refractivity (Wildman–Crippen MR) is 46.0 cm³/mol. The van der Waals surface area contributed by atoms with Gasteiger partial charge in [-0.25, -0.2) is 0 Å². The molecule has 3 heteroatoms. The Morgan fingerprint density at radius 2 is 2.17 bits per heavy atom. The zero-order valence-corrected chi connectivity index (χ0v) is 7.53. The summed E-state index contributed by atoms with van der Waals surface area (Å²) in [5, 5.41) is 9.69. The first kappa shape index (κ1) is 9.00. The molecule has 1 rings (SSSR count). The summed E-state index contributed by atoms with van der Waals surface area (Å²) in [7, 11) is 1.56. The fraction of sp³-hybridized carbons (Fsp3) is 0.444. The van der Waals surface area contributed by atoms with E-state index in [9.17, 15) is 5.11 Å². The number of nitrogens with zero attached hydrogens (tertiary/aromatic N) is 1. The molecule has 0 atom stereocenters. The summed E-state index contributed by atoms with van der Waals surface area (Å²) >= 11 is 0. The molecule has 0 amide bonds. The van der Waals surface area contributed by atoms with Crippen molar-refractivity contribution in [1.82, 2.24) is 4.98 Å². The number of ether oxygens (including phenoxy) is 1. The summed E-state index contributed by atoms with van der Waals surface area (Å²) < 4.78 is 5.05. The van der Waals surface area contributed by atoms with Crippen molar-refractivity contribution in [3.8, 4) is 5.75 Å². The first-order valence-electron chi connectivity index (χ1n) is 3.76. The lowest BCUT2D eigenvalue weighted by molar-refractivity contribution is 0.0755. The summed E-state index contributed by atoms with van der Waals surface area (Å²) in [4.78, 5) is 3.89. The molecule has 12 heavy (non-hydrogen) atoms. The molecule has 0 aliphatic carbocycles. The van der Waals surface area contributed by atoms with E-state index in [4.69, 9.17) is 4.74 Å². The largest absolute Gasteiger partial charge is 0.495 e. The predicted octanol–water partition coefficient (Wildman–Crippen LogP) is 1.32. The highest BCUT2D eigenvalue weighted by Crippen LogP contribution is 2.27. The standard InChI is InChI=1S/C9H13NO2/c1-9(2,11)7-4-5-10-6-8(7)12-3/h4-6,11H,1-3H3. The quantitative estimate of drug-likeness (QED) is 0.722. The van der Waals surface area contributed by atoms with Gasteiger partial charge >= 0.3 is 0 Å². The van der Waals surface area contributed by atoms with Crippen LogP contribution in [0.1, 0.15) is 19.4 Å². The van der Waals surface area contributed by atoms with E-state index in [0.717, 1.165) is 5.56 Å². The van der Waals surface area contributed by atoms with E-state index in [0.29, 0.717) is 5.75 Å². The van der Waals surface area contributed by atoms with Crippen molar-refractivity contribution < 1.29 is 9.84 Å². The Labute approximate surface area is 72.0 Å². The molecule has 1 aromatic heterocycles. The summed E-state index contributed by atoms with van der Waals surface area (Å²) in [6.07, 6.45) is 3.23. The molecule has 1 heterocycles. The lowest BCUT2D eigenvalue weighted by Crippen LogP contribution is -2.16. The van der Waals surface area contributed by atoms with Crippen LogP contribution in [-0.4, -0.2) is 17.2 Å². The molecule has 0 aromatic carbocycles. The van der Waals surface area contributed by atoms with Crippen LogP contribution in [-0.2, 0) is 5.60 Å². The second-order valence-corrected chi connectivity index (χ2v) is 3.13. The van der Waals surface area contributed by atoms with E-state index in [-0.39, 0.29) is 0 Å². The summed E-state index contributed by atoms with van der Waals surface area (Å²) in [5.74, 6) is 0.616. The average Bonchev–Trinajstić information content (AvgIpc) is 2.03. The van der Waals surface area contributed by atoms with Gasteiger partial charge in [0.1, 0.15) is 5.75 Å². The Balaban J connectivity index is 3.14. The molecule has 1 aromatic rings. The minimum atomic E-state index is -0.881. The number of methoxy groups -OCH3 is 1. The van der Waals surface area contributed by atoms with Crippen LogP contribution < -0.4 is 4.74 Å². The number of aliphatic hydroxyl groups is 1. The number of rotatable bonds is 2. The molecule has 0 radical (unpaired) electrons. The van der Waals surface area contributed by atoms with Crippen LogP contribution in [0.25, 0.3) is 0 Å². The van der Waals surface area contributed by atoms with Crippen molar-refractivity contribution >= 4 is 0 Å². The van der Waals surface area contributed by atoms with E-state index in [2.05, 4.69) is 4.98 Å². The van der Waals surface area contributed by atoms with Gasteiger partial charge in [0.25, 0.3) is 0 Å². The minimum absolute atomic E-state index is 0.616. The van der Waals surface area contributed by atoms with Crippen LogP contribution in [0, 0.1) is 0 Å². The summed E-state index contributed by atoms with van der Waals surface area (Å²) in [5.41, 5.74) is -0.131. The van der Waals surface area contributed by atoms with Gasteiger partial charge in [0, 0.05) is 11.8 Å². The van der Waals surface area contributed by atoms with Crippen LogP contribution in [0.3, 0.4) is 0 Å². The van der Waals surface area contributed by atoms with Crippen molar-refractivity contribution in [2.24, 2.45) is 0 Å². The van der Waals surface area contributed by atoms with Crippen molar-refractivity contribution in [3.05, 3.63) is 24.0 Å². The Kier molecular flexibility index (Phi) is 2.33. The second-order valence-electron chi connectivity index (χ2n) is 3.13. The number of pyridine rings is 1. The Morgan fingerprint density at radius 1 is 1.50 bits per heavy atom. The van der Waals surface area contributed by atoms with Crippen LogP contribution in [0.4, 0.5) is 0 Å².